The van der Waals surface area contributed by atoms with E-state index < -0.39 is 0 Å². The van der Waals surface area contributed by atoms with E-state index in [1.807, 2.05) is 25.2 Å². The van der Waals surface area contributed by atoms with E-state index in [0.717, 1.165) is 24.1 Å². The number of hydrogen-bond acceptors (Lipinski definition) is 3. The minimum Gasteiger partial charge on any atom is -0.496 e. The minimum atomic E-state index is -0.0594. The van der Waals surface area contributed by atoms with Gasteiger partial charge in [0.15, 0.2) is 0 Å². The molecule has 1 unspecified atom stereocenters. The van der Waals surface area contributed by atoms with Gasteiger partial charge in [-0.25, -0.2) is 0 Å². The van der Waals surface area contributed by atoms with E-state index >= 15 is 0 Å². The van der Waals surface area contributed by atoms with Gasteiger partial charge in [-0.3, -0.25) is 4.79 Å². The Balaban J connectivity index is 1.83. The second kappa shape index (κ2) is 5.74. The maximum atomic E-state index is 11.9. The van der Waals surface area contributed by atoms with Gasteiger partial charge in [-0.1, -0.05) is 30.3 Å². The van der Waals surface area contributed by atoms with Crippen LogP contribution in [0.2, 0.25) is 0 Å². The average Bonchev–Trinajstić information content (AvgIpc) is 2.84. The van der Waals surface area contributed by atoms with Gasteiger partial charge >= 0.3 is 0 Å². The molecule has 4 nitrogen and oxygen atoms in total. The summed E-state index contributed by atoms with van der Waals surface area (Å²) in [5, 5.41) is 5.65. The number of carbonyl (C=O) groups is 1. The van der Waals surface area contributed by atoms with Crippen LogP contribution in [0.1, 0.15) is 12.0 Å². The van der Waals surface area contributed by atoms with E-state index in [2.05, 4.69) is 23.5 Å². The number of nitrogens with zero attached hydrogens (tertiary/aromatic N) is 1. The Morgan fingerprint density at radius 2 is 2.00 bits per heavy atom. The first-order chi connectivity index (χ1) is 10.2. The highest BCUT2D eigenvalue weighted by Crippen LogP contribution is 2.28. The number of rotatable bonds is 4. The fraction of sp³-hybridized carbons (Fsp3) is 0.353. The van der Waals surface area contributed by atoms with Gasteiger partial charge < -0.3 is 15.0 Å². The molecular formula is C17H20N2O2. The largest absolute Gasteiger partial charge is 0.496 e. The molecule has 1 heterocycles. The maximum Gasteiger partial charge on any atom is 0.239 e. The van der Waals surface area contributed by atoms with Crippen LogP contribution in [0, 0.1) is 0 Å². The number of nitrogens with one attached hydrogen (secondary N) is 1. The van der Waals surface area contributed by atoms with Crippen molar-refractivity contribution in [3.8, 4) is 5.75 Å². The van der Waals surface area contributed by atoms with E-state index in [9.17, 15) is 4.79 Å². The number of carbonyl (C=O) groups excluding carboxylic acids is 1. The Kier molecular flexibility index (Phi) is 3.80. The summed E-state index contributed by atoms with van der Waals surface area (Å²) in [6.07, 6.45) is 0.878. The number of likely N-dealkylation sites (tertiary alicyclic amines) is 1. The van der Waals surface area contributed by atoms with Crippen LogP contribution in [0.5, 0.6) is 5.75 Å². The standard InChI is InChI=1S/C17H20N2O2/c1-19-10-9-15(17(19)20)18-11-12-7-8-16(21-2)14-6-4-3-5-13(12)14/h3-8,15,18H,9-11H2,1-2H3. The zero-order valence-electron chi connectivity index (χ0n) is 12.4. The summed E-state index contributed by atoms with van der Waals surface area (Å²) in [6.45, 7) is 1.52. The van der Waals surface area contributed by atoms with Crippen LogP contribution in [-0.4, -0.2) is 37.6 Å². The van der Waals surface area contributed by atoms with Crippen molar-refractivity contribution in [3.63, 3.8) is 0 Å². The molecule has 4 heteroatoms. The Hall–Kier alpha value is -2.07. The lowest BCUT2D eigenvalue weighted by molar-refractivity contribution is -0.128. The Bertz CT molecular complexity index is 669. The Morgan fingerprint density at radius 1 is 1.24 bits per heavy atom. The molecule has 0 saturated carbocycles. The van der Waals surface area contributed by atoms with Crippen LogP contribution in [0.4, 0.5) is 0 Å². The zero-order valence-corrected chi connectivity index (χ0v) is 12.4. The molecule has 0 spiro atoms. The van der Waals surface area contributed by atoms with Crippen molar-refractivity contribution in [1.82, 2.24) is 10.2 Å². The smallest absolute Gasteiger partial charge is 0.239 e. The molecule has 2 aromatic carbocycles. The molecule has 1 fully saturated rings. The van der Waals surface area contributed by atoms with Crippen molar-refractivity contribution in [2.24, 2.45) is 0 Å². The summed E-state index contributed by atoms with van der Waals surface area (Å²) < 4.78 is 5.41. The third-order valence-corrected chi connectivity index (χ3v) is 4.16. The zero-order chi connectivity index (χ0) is 14.8. The predicted octanol–water partition coefficient (Wildman–Crippen LogP) is 2.17. The molecule has 1 aliphatic rings. The van der Waals surface area contributed by atoms with Crippen LogP contribution in [-0.2, 0) is 11.3 Å². The van der Waals surface area contributed by atoms with Gasteiger partial charge in [0.2, 0.25) is 5.91 Å². The summed E-state index contributed by atoms with van der Waals surface area (Å²) in [5.74, 6) is 1.07. The molecule has 0 radical (unpaired) electrons. The van der Waals surface area contributed by atoms with Crippen LogP contribution in [0.15, 0.2) is 36.4 Å². The molecule has 1 saturated heterocycles. The van der Waals surface area contributed by atoms with Gasteiger partial charge in [0.25, 0.3) is 0 Å². The maximum absolute atomic E-state index is 11.9. The van der Waals surface area contributed by atoms with E-state index in [4.69, 9.17) is 4.74 Å². The van der Waals surface area contributed by atoms with Gasteiger partial charge in [-0.2, -0.15) is 0 Å². The van der Waals surface area contributed by atoms with Gasteiger partial charge in [-0.15, -0.1) is 0 Å². The summed E-state index contributed by atoms with van der Waals surface area (Å²) >= 11 is 0. The number of likely N-dealkylation sites (N-methyl/N-ethyl adjacent to an activating group) is 1. The fourth-order valence-electron chi connectivity index (χ4n) is 2.91. The summed E-state index contributed by atoms with van der Waals surface area (Å²) in [5.41, 5.74) is 1.19. The molecule has 1 aliphatic heterocycles. The molecule has 3 rings (SSSR count). The quantitative estimate of drug-likeness (QED) is 0.935. The number of amides is 1. The molecule has 21 heavy (non-hydrogen) atoms. The molecular weight excluding hydrogens is 264 g/mol. The van der Waals surface area contributed by atoms with E-state index in [1.54, 1.807) is 12.0 Å². The van der Waals surface area contributed by atoms with Crippen LogP contribution < -0.4 is 10.1 Å². The summed E-state index contributed by atoms with van der Waals surface area (Å²) in [4.78, 5) is 13.7. The molecule has 0 aromatic heterocycles. The Morgan fingerprint density at radius 3 is 2.67 bits per heavy atom. The summed E-state index contributed by atoms with van der Waals surface area (Å²) in [7, 11) is 3.54. The van der Waals surface area contributed by atoms with Crippen LogP contribution in [0.25, 0.3) is 10.8 Å². The fourth-order valence-corrected chi connectivity index (χ4v) is 2.91. The SMILES string of the molecule is COc1ccc(CNC2CCN(C)C2=O)c2ccccc12. The monoisotopic (exact) mass is 284 g/mol. The molecule has 1 N–H and O–H groups in total. The van der Waals surface area contributed by atoms with Crippen molar-refractivity contribution in [2.75, 3.05) is 20.7 Å². The second-order valence-electron chi connectivity index (χ2n) is 5.45. The highest BCUT2D eigenvalue weighted by atomic mass is 16.5. The predicted molar refractivity (Wildman–Crippen MR) is 83.4 cm³/mol. The lowest BCUT2D eigenvalue weighted by atomic mass is 10.0. The first-order valence-corrected chi connectivity index (χ1v) is 7.23. The Labute approximate surface area is 124 Å². The second-order valence-corrected chi connectivity index (χ2v) is 5.45. The molecule has 0 aliphatic carbocycles. The normalized spacial score (nSPS) is 18.5. The van der Waals surface area contributed by atoms with Gasteiger partial charge in [0.05, 0.1) is 13.2 Å². The molecule has 0 bridgehead atoms. The van der Waals surface area contributed by atoms with Crippen LogP contribution in [0.3, 0.4) is 0 Å². The lowest BCUT2D eigenvalue weighted by Gasteiger charge is -2.14. The summed E-state index contributed by atoms with van der Waals surface area (Å²) in [6, 6.07) is 12.2. The van der Waals surface area contributed by atoms with E-state index in [1.165, 1.54) is 10.9 Å². The number of ether oxygens (including phenoxy) is 1. The third-order valence-electron chi connectivity index (χ3n) is 4.16. The van der Waals surface area contributed by atoms with Crippen molar-refractivity contribution in [1.29, 1.82) is 0 Å². The molecule has 1 amide bonds. The van der Waals surface area contributed by atoms with Crippen LogP contribution >= 0.6 is 0 Å². The first-order valence-electron chi connectivity index (χ1n) is 7.23. The van der Waals surface area contributed by atoms with Gasteiger partial charge in [-0.05, 0) is 23.4 Å². The van der Waals surface area contributed by atoms with Crippen molar-refractivity contribution in [3.05, 3.63) is 42.0 Å². The van der Waals surface area contributed by atoms with E-state index in [-0.39, 0.29) is 11.9 Å². The number of hydrogen-bond donors (Lipinski definition) is 1. The number of fused-ring (bicyclic) bond motifs is 1. The van der Waals surface area contributed by atoms with E-state index in [0.29, 0.717) is 6.54 Å². The average molecular weight is 284 g/mol. The van der Waals surface area contributed by atoms with Crippen molar-refractivity contribution < 1.29 is 9.53 Å². The highest BCUT2D eigenvalue weighted by Gasteiger charge is 2.28. The van der Waals surface area contributed by atoms with Gasteiger partial charge in [0.1, 0.15) is 5.75 Å². The minimum absolute atomic E-state index is 0.0594. The first kappa shape index (κ1) is 13.9. The molecule has 2 aromatic rings. The van der Waals surface area contributed by atoms with Crippen molar-refractivity contribution in [2.45, 2.75) is 19.0 Å². The van der Waals surface area contributed by atoms with Gasteiger partial charge in [0, 0.05) is 25.5 Å². The van der Waals surface area contributed by atoms with Crippen molar-refractivity contribution >= 4 is 16.7 Å². The highest BCUT2D eigenvalue weighted by molar-refractivity contribution is 5.91. The molecule has 110 valence electrons. The third kappa shape index (κ3) is 2.59. The number of methoxy groups -OCH3 is 1. The lowest BCUT2D eigenvalue weighted by Crippen LogP contribution is -2.36. The molecule has 1 atom stereocenters. The number of benzene rings is 2. The topological polar surface area (TPSA) is 41.6 Å².